The van der Waals surface area contributed by atoms with Crippen molar-refractivity contribution in [1.82, 2.24) is 5.32 Å². The fourth-order valence-corrected chi connectivity index (χ4v) is 2.74. The molecule has 0 radical (unpaired) electrons. The van der Waals surface area contributed by atoms with Gasteiger partial charge in [-0.15, -0.1) is 0 Å². The molecule has 1 aromatic carbocycles. The lowest BCUT2D eigenvalue weighted by Crippen LogP contribution is -2.40. The minimum absolute atomic E-state index is 0.200. The molecule has 1 N–H and O–H groups in total. The maximum Gasteiger partial charge on any atom is 0.416 e. The predicted octanol–water partition coefficient (Wildman–Crippen LogP) is 5.65. The number of carbonyl (C=O) groups is 2. The first-order chi connectivity index (χ1) is 13.7. The van der Waals surface area contributed by atoms with Crippen LogP contribution in [-0.4, -0.2) is 24.5 Å². The minimum Gasteiger partial charge on any atom is -0.464 e. The number of hydrogen-bond acceptors (Lipinski definition) is 3. The fraction of sp³-hybridized carbons (Fsp3) is 0.619. The van der Waals surface area contributed by atoms with Crippen LogP contribution < -0.4 is 5.32 Å². The lowest BCUT2D eigenvalue weighted by Gasteiger charge is -2.15. The Bertz CT molecular complexity index is 662. The lowest BCUT2D eigenvalue weighted by atomic mass is 10.1. The van der Waals surface area contributed by atoms with Crippen LogP contribution in [0.4, 0.5) is 17.6 Å². The van der Waals surface area contributed by atoms with Crippen molar-refractivity contribution in [2.75, 3.05) is 6.61 Å². The van der Waals surface area contributed by atoms with Crippen molar-refractivity contribution < 1.29 is 31.9 Å². The lowest BCUT2D eigenvalue weighted by molar-refractivity contribution is -0.145. The van der Waals surface area contributed by atoms with Gasteiger partial charge in [0.05, 0.1) is 17.7 Å². The van der Waals surface area contributed by atoms with E-state index in [0.29, 0.717) is 24.6 Å². The summed E-state index contributed by atoms with van der Waals surface area (Å²) in [4.78, 5) is 24.0. The van der Waals surface area contributed by atoms with E-state index in [1.54, 1.807) is 0 Å². The number of amides is 1. The zero-order valence-electron chi connectivity index (χ0n) is 16.9. The summed E-state index contributed by atoms with van der Waals surface area (Å²) in [6, 6.07) is 0.435. The average molecular weight is 419 g/mol. The average Bonchev–Trinajstić information content (AvgIpc) is 2.65. The Labute approximate surface area is 169 Å². The first-order valence-electron chi connectivity index (χ1n) is 10.0. The number of halogens is 4. The highest BCUT2D eigenvalue weighted by Crippen LogP contribution is 2.30. The van der Waals surface area contributed by atoms with Gasteiger partial charge >= 0.3 is 12.1 Å². The summed E-state index contributed by atoms with van der Waals surface area (Å²) in [6.45, 7) is 3.69. The highest BCUT2D eigenvalue weighted by atomic mass is 19.4. The molecule has 8 heteroatoms. The summed E-state index contributed by atoms with van der Waals surface area (Å²) in [5.74, 6) is -2.92. The molecule has 0 aliphatic heterocycles. The number of esters is 1. The topological polar surface area (TPSA) is 55.4 Å². The number of unbranched alkanes of at least 4 members (excludes halogenated alkanes) is 7. The molecule has 0 aliphatic rings. The Hall–Kier alpha value is -2.12. The second-order valence-electron chi connectivity index (χ2n) is 7.03. The number of carbonyl (C=O) groups excluding carboxylic acids is 2. The molecule has 1 amide bonds. The quantitative estimate of drug-likeness (QED) is 0.271. The van der Waals surface area contributed by atoms with Crippen molar-refractivity contribution in [2.45, 2.75) is 77.4 Å². The van der Waals surface area contributed by atoms with Gasteiger partial charge in [-0.3, -0.25) is 4.79 Å². The molecule has 0 aromatic heterocycles. The van der Waals surface area contributed by atoms with Crippen LogP contribution in [0, 0.1) is 5.82 Å². The van der Waals surface area contributed by atoms with Crippen molar-refractivity contribution >= 4 is 11.9 Å². The SMILES string of the molecule is CCCCCCCCCCOC(=O)C(C)NC(=O)c1cc(C(F)(F)F)ccc1F. The zero-order valence-corrected chi connectivity index (χ0v) is 16.9. The van der Waals surface area contributed by atoms with E-state index in [9.17, 15) is 27.2 Å². The van der Waals surface area contributed by atoms with Gasteiger partial charge in [-0.1, -0.05) is 51.9 Å². The first-order valence-corrected chi connectivity index (χ1v) is 10.0. The molecule has 0 bridgehead atoms. The van der Waals surface area contributed by atoms with Crippen LogP contribution in [0.5, 0.6) is 0 Å². The van der Waals surface area contributed by atoms with Gasteiger partial charge in [0, 0.05) is 0 Å². The maximum atomic E-state index is 13.7. The van der Waals surface area contributed by atoms with Gasteiger partial charge in [0.25, 0.3) is 5.91 Å². The molecule has 0 heterocycles. The highest BCUT2D eigenvalue weighted by molar-refractivity contribution is 5.97. The molecule has 29 heavy (non-hydrogen) atoms. The molecule has 1 rings (SSSR count). The van der Waals surface area contributed by atoms with Gasteiger partial charge in [0.1, 0.15) is 11.9 Å². The smallest absolute Gasteiger partial charge is 0.416 e. The van der Waals surface area contributed by atoms with Crippen LogP contribution in [0.15, 0.2) is 18.2 Å². The molecule has 0 aliphatic carbocycles. The van der Waals surface area contributed by atoms with E-state index >= 15 is 0 Å². The second-order valence-corrected chi connectivity index (χ2v) is 7.03. The van der Waals surface area contributed by atoms with Crippen molar-refractivity contribution in [2.24, 2.45) is 0 Å². The van der Waals surface area contributed by atoms with E-state index in [2.05, 4.69) is 12.2 Å². The molecule has 1 aromatic rings. The van der Waals surface area contributed by atoms with Crippen LogP contribution in [0.25, 0.3) is 0 Å². The number of rotatable bonds is 12. The molecule has 164 valence electrons. The summed E-state index contributed by atoms with van der Waals surface area (Å²) < 4.78 is 57.0. The van der Waals surface area contributed by atoms with Gasteiger partial charge in [0.15, 0.2) is 0 Å². The molecular weight excluding hydrogens is 390 g/mol. The van der Waals surface area contributed by atoms with Crippen LogP contribution in [0.3, 0.4) is 0 Å². The summed E-state index contributed by atoms with van der Waals surface area (Å²) in [6.07, 6.45) is 3.99. The fourth-order valence-electron chi connectivity index (χ4n) is 2.74. The third-order valence-corrected chi connectivity index (χ3v) is 4.48. The molecular formula is C21H29F4NO3. The molecule has 0 saturated heterocycles. The monoisotopic (exact) mass is 419 g/mol. The van der Waals surface area contributed by atoms with Crippen molar-refractivity contribution in [3.05, 3.63) is 35.1 Å². The summed E-state index contributed by atoms with van der Waals surface area (Å²) >= 11 is 0. The number of hydrogen-bond donors (Lipinski definition) is 1. The molecule has 4 nitrogen and oxygen atoms in total. The number of alkyl halides is 3. The van der Waals surface area contributed by atoms with Crippen molar-refractivity contribution in [3.63, 3.8) is 0 Å². The van der Waals surface area contributed by atoms with E-state index in [0.717, 1.165) is 19.3 Å². The first kappa shape index (κ1) is 24.9. The van der Waals surface area contributed by atoms with Crippen LogP contribution in [0.2, 0.25) is 0 Å². The standard InChI is InChI=1S/C21H29F4NO3/c1-3-4-5-6-7-8-9-10-13-29-20(28)15(2)26-19(27)17-14-16(21(23,24)25)11-12-18(17)22/h11-12,14-15H,3-10,13H2,1-2H3,(H,26,27). The Morgan fingerprint density at radius 1 is 1.03 bits per heavy atom. The number of nitrogens with one attached hydrogen (secondary N) is 1. The van der Waals surface area contributed by atoms with E-state index in [4.69, 9.17) is 4.74 Å². The van der Waals surface area contributed by atoms with Crippen molar-refractivity contribution in [1.29, 1.82) is 0 Å². The van der Waals surface area contributed by atoms with Crippen LogP contribution in [-0.2, 0) is 15.7 Å². The normalized spacial score (nSPS) is 12.5. The Kier molecular flexibility index (Phi) is 10.7. The summed E-state index contributed by atoms with van der Waals surface area (Å²) in [5, 5.41) is 2.18. The Morgan fingerprint density at radius 2 is 1.62 bits per heavy atom. The summed E-state index contributed by atoms with van der Waals surface area (Å²) in [7, 11) is 0. The molecule has 0 spiro atoms. The zero-order chi connectivity index (χ0) is 21.9. The third kappa shape index (κ3) is 9.28. The van der Waals surface area contributed by atoms with E-state index in [1.165, 1.54) is 32.6 Å². The third-order valence-electron chi connectivity index (χ3n) is 4.48. The van der Waals surface area contributed by atoms with E-state index in [1.807, 2.05) is 0 Å². The molecule has 1 atom stereocenters. The molecule has 0 fully saturated rings. The molecule has 0 saturated carbocycles. The van der Waals surface area contributed by atoms with Gasteiger partial charge < -0.3 is 10.1 Å². The van der Waals surface area contributed by atoms with E-state index < -0.39 is 41.0 Å². The molecule has 1 unspecified atom stereocenters. The van der Waals surface area contributed by atoms with Crippen LogP contribution in [0.1, 0.15) is 81.1 Å². The highest BCUT2D eigenvalue weighted by Gasteiger charge is 2.32. The summed E-state index contributed by atoms with van der Waals surface area (Å²) in [5.41, 5.74) is -1.92. The number of ether oxygens (including phenoxy) is 1. The maximum absolute atomic E-state index is 13.7. The van der Waals surface area contributed by atoms with Gasteiger partial charge in [-0.25, -0.2) is 9.18 Å². The van der Waals surface area contributed by atoms with Crippen molar-refractivity contribution in [3.8, 4) is 0 Å². The van der Waals surface area contributed by atoms with Crippen LogP contribution >= 0.6 is 0 Å². The predicted molar refractivity (Wildman–Crippen MR) is 102 cm³/mol. The van der Waals surface area contributed by atoms with Gasteiger partial charge in [-0.2, -0.15) is 13.2 Å². The van der Waals surface area contributed by atoms with E-state index in [-0.39, 0.29) is 6.61 Å². The minimum atomic E-state index is -4.71. The number of benzene rings is 1. The van der Waals surface area contributed by atoms with Gasteiger partial charge in [-0.05, 0) is 31.5 Å². The Balaban J connectivity index is 2.39. The largest absolute Gasteiger partial charge is 0.464 e. The second kappa shape index (κ2) is 12.4. The van der Waals surface area contributed by atoms with Gasteiger partial charge in [0.2, 0.25) is 0 Å². The Morgan fingerprint density at radius 3 is 2.21 bits per heavy atom.